The van der Waals surface area contributed by atoms with Crippen molar-refractivity contribution in [2.24, 2.45) is 0 Å². The first-order chi connectivity index (χ1) is 9.12. The molecular formula is C12H22N4O2S. The van der Waals surface area contributed by atoms with E-state index in [-0.39, 0.29) is 5.03 Å². The molecule has 2 rings (SSSR count). The molecule has 1 saturated heterocycles. The molecule has 1 aromatic heterocycles. The fourth-order valence-corrected chi connectivity index (χ4v) is 3.26. The Bertz CT molecular complexity index is 492. The lowest BCUT2D eigenvalue weighted by molar-refractivity contribution is 0.382. The van der Waals surface area contributed by atoms with E-state index in [1.54, 1.807) is 10.8 Å². The first kappa shape index (κ1) is 14.5. The number of rotatable bonds is 6. The third-order valence-corrected chi connectivity index (χ3v) is 4.79. The van der Waals surface area contributed by atoms with Crippen LogP contribution in [0, 0.1) is 0 Å². The predicted octanol–water partition coefficient (Wildman–Crippen LogP) is 0.714. The third kappa shape index (κ3) is 4.02. The highest BCUT2D eigenvalue weighted by Crippen LogP contribution is 2.10. The van der Waals surface area contributed by atoms with Crippen LogP contribution in [-0.2, 0) is 16.6 Å². The van der Waals surface area contributed by atoms with Gasteiger partial charge in [0.25, 0.3) is 10.0 Å². The van der Waals surface area contributed by atoms with Gasteiger partial charge in [0, 0.05) is 25.3 Å². The van der Waals surface area contributed by atoms with E-state index in [9.17, 15) is 8.42 Å². The van der Waals surface area contributed by atoms with Crippen molar-refractivity contribution in [2.75, 3.05) is 13.1 Å². The van der Waals surface area contributed by atoms with Crippen molar-refractivity contribution in [3.05, 3.63) is 12.5 Å². The standard InChI is InChI=1S/C12H22N4O2S/c1-2-16-9-12(14-10-16)19(17,18)15-8-6-11-5-3-4-7-13-11/h9-11,13,15H,2-8H2,1H3. The van der Waals surface area contributed by atoms with Crippen LogP contribution in [0.4, 0.5) is 0 Å². The molecule has 19 heavy (non-hydrogen) atoms. The largest absolute Gasteiger partial charge is 0.336 e. The minimum atomic E-state index is -3.46. The molecule has 0 radical (unpaired) electrons. The summed E-state index contributed by atoms with van der Waals surface area (Å²) in [5.74, 6) is 0. The van der Waals surface area contributed by atoms with Gasteiger partial charge in [-0.05, 0) is 32.7 Å². The highest BCUT2D eigenvalue weighted by molar-refractivity contribution is 7.89. The second kappa shape index (κ2) is 6.49. The molecule has 1 atom stereocenters. The topological polar surface area (TPSA) is 76.0 Å². The van der Waals surface area contributed by atoms with Crippen LogP contribution in [0.3, 0.4) is 0 Å². The summed E-state index contributed by atoms with van der Waals surface area (Å²) < 4.78 is 28.4. The quantitative estimate of drug-likeness (QED) is 0.807. The maximum absolute atomic E-state index is 12.0. The monoisotopic (exact) mass is 286 g/mol. The number of nitrogens with zero attached hydrogens (tertiary/aromatic N) is 2. The van der Waals surface area contributed by atoms with Gasteiger partial charge in [-0.1, -0.05) is 6.42 Å². The highest BCUT2D eigenvalue weighted by atomic mass is 32.2. The van der Waals surface area contributed by atoms with Gasteiger partial charge >= 0.3 is 0 Å². The first-order valence-corrected chi connectivity index (χ1v) is 8.35. The average molecular weight is 286 g/mol. The molecule has 1 aliphatic heterocycles. The average Bonchev–Trinajstić information content (AvgIpc) is 2.89. The van der Waals surface area contributed by atoms with Crippen molar-refractivity contribution in [3.63, 3.8) is 0 Å². The van der Waals surface area contributed by atoms with Gasteiger partial charge in [0.05, 0.1) is 6.33 Å². The summed E-state index contributed by atoms with van der Waals surface area (Å²) in [4.78, 5) is 3.92. The summed E-state index contributed by atoms with van der Waals surface area (Å²) >= 11 is 0. The molecule has 2 N–H and O–H groups in total. The fourth-order valence-electron chi connectivity index (χ4n) is 2.26. The number of piperidine rings is 1. The Labute approximate surface area is 114 Å². The Hall–Kier alpha value is -0.920. The minimum absolute atomic E-state index is 0.103. The molecule has 6 nitrogen and oxygen atoms in total. The van der Waals surface area contributed by atoms with Gasteiger partial charge in [0.2, 0.25) is 0 Å². The van der Waals surface area contributed by atoms with Crippen molar-refractivity contribution in [1.82, 2.24) is 19.6 Å². The molecule has 0 saturated carbocycles. The zero-order valence-electron chi connectivity index (χ0n) is 11.3. The third-order valence-electron chi connectivity index (χ3n) is 3.45. The lowest BCUT2D eigenvalue weighted by Gasteiger charge is -2.23. The zero-order chi connectivity index (χ0) is 13.7. The minimum Gasteiger partial charge on any atom is -0.336 e. The Morgan fingerprint density at radius 3 is 3.00 bits per heavy atom. The van der Waals surface area contributed by atoms with E-state index in [1.165, 1.54) is 19.2 Å². The Morgan fingerprint density at radius 2 is 2.37 bits per heavy atom. The molecular weight excluding hydrogens is 264 g/mol. The van der Waals surface area contributed by atoms with Gasteiger partial charge in [-0.25, -0.2) is 18.1 Å². The molecule has 1 aromatic rings. The van der Waals surface area contributed by atoms with E-state index in [2.05, 4.69) is 15.0 Å². The Morgan fingerprint density at radius 1 is 1.53 bits per heavy atom. The molecule has 1 unspecified atom stereocenters. The molecule has 0 aliphatic carbocycles. The molecule has 1 aliphatic rings. The van der Waals surface area contributed by atoms with Gasteiger partial charge in [-0.2, -0.15) is 0 Å². The van der Waals surface area contributed by atoms with Crippen LogP contribution in [0.1, 0.15) is 32.6 Å². The zero-order valence-corrected chi connectivity index (χ0v) is 12.1. The van der Waals surface area contributed by atoms with E-state index in [1.807, 2.05) is 6.92 Å². The second-order valence-corrected chi connectivity index (χ2v) is 6.59. The van der Waals surface area contributed by atoms with E-state index in [4.69, 9.17) is 0 Å². The lowest BCUT2D eigenvalue weighted by atomic mass is 10.0. The summed E-state index contributed by atoms with van der Waals surface area (Å²) in [5.41, 5.74) is 0. The normalized spacial score (nSPS) is 20.6. The van der Waals surface area contributed by atoms with Crippen LogP contribution in [-0.4, -0.2) is 37.1 Å². The molecule has 7 heteroatoms. The Balaban J connectivity index is 1.83. The highest BCUT2D eigenvalue weighted by Gasteiger charge is 2.18. The maximum atomic E-state index is 12.0. The van der Waals surface area contributed by atoms with Crippen LogP contribution in [0.15, 0.2) is 17.6 Å². The van der Waals surface area contributed by atoms with Gasteiger partial charge in [-0.15, -0.1) is 0 Å². The molecule has 0 aromatic carbocycles. The molecule has 0 bridgehead atoms. The fraction of sp³-hybridized carbons (Fsp3) is 0.750. The number of sulfonamides is 1. The van der Waals surface area contributed by atoms with Crippen LogP contribution in [0.25, 0.3) is 0 Å². The maximum Gasteiger partial charge on any atom is 0.259 e. The first-order valence-electron chi connectivity index (χ1n) is 6.86. The van der Waals surface area contributed by atoms with E-state index in [0.717, 1.165) is 19.4 Å². The van der Waals surface area contributed by atoms with E-state index in [0.29, 0.717) is 19.1 Å². The van der Waals surface area contributed by atoms with Crippen molar-refractivity contribution < 1.29 is 8.42 Å². The summed E-state index contributed by atoms with van der Waals surface area (Å²) in [6.07, 6.45) is 7.50. The number of nitrogens with one attached hydrogen (secondary N) is 2. The summed E-state index contributed by atoms with van der Waals surface area (Å²) in [6, 6.07) is 0.435. The van der Waals surface area contributed by atoms with Gasteiger partial charge in [-0.3, -0.25) is 0 Å². The van der Waals surface area contributed by atoms with Crippen LogP contribution in [0.2, 0.25) is 0 Å². The van der Waals surface area contributed by atoms with Crippen LogP contribution >= 0.6 is 0 Å². The van der Waals surface area contributed by atoms with Crippen molar-refractivity contribution >= 4 is 10.0 Å². The van der Waals surface area contributed by atoms with Crippen LogP contribution < -0.4 is 10.0 Å². The van der Waals surface area contributed by atoms with E-state index < -0.39 is 10.0 Å². The van der Waals surface area contributed by atoms with Crippen molar-refractivity contribution in [3.8, 4) is 0 Å². The molecule has 108 valence electrons. The number of aromatic nitrogens is 2. The van der Waals surface area contributed by atoms with Crippen molar-refractivity contribution in [1.29, 1.82) is 0 Å². The molecule has 1 fully saturated rings. The van der Waals surface area contributed by atoms with Gasteiger partial charge < -0.3 is 9.88 Å². The molecule has 2 heterocycles. The van der Waals surface area contributed by atoms with Crippen molar-refractivity contribution in [2.45, 2.75) is 50.2 Å². The smallest absolute Gasteiger partial charge is 0.259 e. The SMILES string of the molecule is CCn1cnc(S(=O)(=O)NCCC2CCCCN2)c1. The van der Waals surface area contributed by atoms with Gasteiger partial charge in [0.1, 0.15) is 0 Å². The molecule has 0 spiro atoms. The summed E-state index contributed by atoms with van der Waals surface area (Å²) in [7, 11) is -3.46. The summed E-state index contributed by atoms with van der Waals surface area (Å²) in [6.45, 7) is 4.16. The number of imidazole rings is 1. The Kier molecular flexibility index (Phi) is 4.95. The van der Waals surface area contributed by atoms with E-state index >= 15 is 0 Å². The van der Waals surface area contributed by atoms with Gasteiger partial charge in [0.15, 0.2) is 5.03 Å². The van der Waals surface area contributed by atoms with Crippen LogP contribution in [0.5, 0.6) is 0 Å². The number of aryl methyl sites for hydroxylation is 1. The predicted molar refractivity (Wildman–Crippen MR) is 73.3 cm³/mol. The lowest BCUT2D eigenvalue weighted by Crippen LogP contribution is -2.37. The second-order valence-electron chi connectivity index (χ2n) is 4.88. The molecule has 0 amide bonds. The number of hydrogen-bond acceptors (Lipinski definition) is 4. The summed E-state index contributed by atoms with van der Waals surface area (Å²) in [5, 5.41) is 3.51. The number of hydrogen-bond donors (Lipinski definition) is 2.